The van der Waals surface area contributed by atoms with Crippen molar-refractivity contribution in [2.45, 2.75) is 0 Å². The zero-order chi connectivity index (χ0) is 11.3. The van der Waals surface area contributed by atoms with Crippen molar-refractivity contribution in [1.82, 2.24) is 0 Å². The number of nitrogens with one attached hydrogen (secondary N) is 1. The van der Waals surface area contributed by atoms with Gasteiger partial charge in [-0.3, -0.25) is 0 Å². The van der Waals surface area contributed by atoms with Gasteiger partial charge in [-0.25, -0.2) is 0 Å². The molecule has 0 fully saturated rings. The van der Waals surface area contributed by atoms with Gasteiger partial charge in [-0.15, -0.1) is 0 Å². The van der Waals surface area contributed by atoms with Gasteiger partial charge in [0.2, 0.25) is 0 Å². The summed E-state index contributed by atoms with van der Waals surface area (Å²) in [4.78, 5) is 0. The Morgan fingerprint density at radius 2 is 2.00 bits per heavy atom. The van der Waals surface area contributed by atoms with E-state index in [-0.39, 0.29) is 5.57 Å². The van der Waals surface area contributed by atoms with Crippen LogP contribution in [-0.2, 0) is 0 Å². The Labute approximate surface area is 101 Å². The highest BCUT2D eigenvalue weighted by Crippen LogP contribution is 2.22. The van der Waals surface area contributed by atoms with Gasteiger partial charge in [0.25, 0.3) is 0 Å². The van der Waals surface area contributed by atoms with E-state index in [0.29, 0.717) is 10.7 Å². The SMILES string of the molecule is N#CC(C#N)=CNc1cc(Cl)cc(Br)c1. The quantitative estimate of drug-likeness (QED) is 0.845. The number of benzene rings is 1. The van der Waals surface area contributed by atoms with E-state index in [1.165, 1.54) is 6.20 Å². The monoisotopic (exact) mass is 281 g/mol. The minimum atomic E-state index is 0.00565. The molecule has 0 saturated heterocycles. The molecule has 1 aromatic rings. The molecule has 5 heteroatoms. The van der Waals surface area contributed by atoms with Gasteiger partial charge in [-0.1, -0.05) is 27.5 Å². The Balaban J connectivity index is 2.88. The number of nitrogens with zero attached hydrogens (tertiary/aromatic N) is 2. The fourth-order valence-corrected chi connectivity index (χ4v) is 1.74. The van der Waals surface area contributed by atoms with Gasteiger partial charge in [0.1, 0.15) is 17.7 Å². The summed E-state index contributed by atoms with van der Waals surface area (Å²) in [5.41, 5.74) is 0.712. The first-order valence-electron chi connectivity index (χ1n) is 3.88. The molecule has 0 unspecified atom stereocenters. The molecule has 1 N–H and O–H groups in total. The summed E-state index contributed by atoms with van der Waals surface area (Å²) >= 11 is 9.09. The van der Waals surface area contributed by atoms with E-state index >= 15 is 0 Å². The molecule has 0 aliphatic heterocycles. The molecule has 0 aliphatic rings. The lowest BCUT2D eigenvalue weighted by Crippen LogP contribution is -1.89. The maximum atomic E-state index is 8.50. The second-order valence-electron chi connectivity index (χ2n) is 2.58. The van der Waals surface area contributed by atoms with Crippen molar-refractivity contribution < 1.29 is 0 Å². The number of rotatable bonds is 2. The highest BCUT2D eigenvalue weighted by molar-refractivity contribution is 9.10. The molecule has 15 heavy (non-hydrogen) atoms. The van der Waals surface area contributed by atoms with Gasteiger partial charge in [0.15, 0.2) is 0 Å². The van der Waals surface area contributed by atoms with Gasteiger partial charge in [-0.2, -0.15) is 10.5 Å². The van der Waals surface area contributed by atoms with Crippen LogP contribution in [0, 0.1) is 22.7 Å². The molecule has 74 valence electrons. The highest BCUT2D eigenvalue weighted by Gasteiger charge is 1.97. The van der Waals surface area contributed by atoms with Crippen LogP contribution in [0.25, 0.3) is 0 Å². The molecule has 0 saturated carbocycles. The summed E-state index contributed by atoms with van der Waals surface area (Å²) in [7, 11) is 0. The third-order valence-electron chi connectivity index (χ3n) is 1.49. The van der Waals surface area contributed by atoms with Gasteiger partial charge in [0, 0.05) is 21.4 Å². The first-order chi connectivity index (χ1) is 7.15. The van der Waals surface area contributed by atoms with Crippen molar-refractivity contribution in [3.05, 3.63) is 39.5 Å². The maximum Gasteiger partial charge on any atom is 0.145 e. The Kier molecular flexibility index (Phi) is 4.17. The summed E-state index contributed by atoms with van der Waals surface area (Å²) in [6.45, 7) is 0. The largest absolute Gasteiger partial charge is 0.360 e. The van der Waals surface area contributed by atoms with E-state index in [2.05, 4.69) is 21.2 Å². The van der Waals surface area contributed by atoms with Crippen LogP contribution < -0.4 is 5.32 Å². The maximum absolute atomic E-state index is 8.50. The fourth-order valence-electron chi connectivity index (χ4n) is 0.882. The van der Waals surface area contributed by atoms with Crippen LogP contribution in [0.4, 0.5) is 5.69 Å². The molecular formula is C10H5BrClN3. The van der Waals surface area contributed by atoms with Crippen LogP contribution in [0.15, 0.2) is 34.4 Å². The van der Waals surface area contributed by atoms with Crippen LogP contribution >= 0.6 is 27.5 Å². The molecule has 1 aromatic carbocycles. The molecular weight excluding hydrogens is 277 g/mol. The molecule has 0 bridgehead atoms. The van der Waals surface area contributed by atoms with Crippen molar-refractivity contribution >= 4 is 33.2 Å². The molecule has 0 heterocycles. The average molecular weight is 283 g/mol. The van der Waals surface area contributed by atoms with Crippen LogP contribution in [0.2, 0.25) is 5.02 Å². The van der Waals surface area contributed by atoms with Gasteiger partial charge in [-0.05, 0) is 18.2 Å². The molecule has 0 spiro atoms. The van der Waals surface area contributed by atoms with E-state index in [1.807, 2.05) is 0 Å². The van der Waals surface area contributed by atoms with Crippen molar-refractivity contribution in [3.63, 3.8) is 0 Å². The minimum Gasteiger partial charge on any atom is -0.360 e. The molecule has 1 rings (SSSR count). The molecule has 0 atom stereocenters. The van der Waals surface area contributed by atoms with E-state index in [1.54, 1.807) is 30.3 Å². The summed E-state index contributed by atoms with van der Waals surface area (Å²) < 4.78 is 0.821. The third kappa shape index (κ3) is 3.63. The lowest BCUT2D eigenvalue weighted by Gasteiger charge is -2.02. The Bertz CT molecular complexity index is 446. The Morgan fingerprint density at radius 1 is 1.33 bits per heavy atom. The fraction of sp³-hybridized carbons (Fsp3) is 0. The summed E-state index contributed by atoms with van der Waals surface area (Å²) in [6, 6.07) is 8.71. The lowest BCUT2D eigenvalue weighted by molar-refractivity contribution is 1.44. The second-order valence-corrected chi connectivity index (χ2v) is 3.94. The van der Waals surface area contributed by atoms with E-state index in [9.17, 15) is 0 Å². The first kappa shape index (κ1) is 11.6. The molecule has 3 nitrogen and oxygen atoms in total. The van der Waals surface area contributed by atoms with Crippen LogP contribution in [-0.4, -0.2) is 0 Å². The highest BCUT2D eigenvalue weighted by atomic mass is 79.9. The number of nitriles is 2. The first-order valence-corrected chi connectivity index (χ1v) is 5.06. The van der Waals surface area contributed by atoms with Gasteiger partial charge in [0.05, 0.1) is 0 Å². The van der Waals surface area contributed by atoms with Gasteiger partial charge < -0.3 is 5.32 Å². The number of hydrogen-bond acceptors (Lipinski definition) is 3. The second kappa shape index (κ2) is 5.41. The molecule has 0 radical (unpaired) electrons. The predicted octanol–water partition coefficient (Wildman–Crippen LogP) is 3.45. The standard InChI is InChI=1S/C10H5BrClN3/c11-8-1-9(12)3-10(2-8)15-6-7(4-13)5-14/h1-3,6,15H. The Morgan fingerprint density at radius 3 is 2.53 bits per heavy atom. The van der Waals surface area contributed by atoms with Crippen LogP contribution in [0.1, 0.15) is 0 Å². The normalized spacial score (nSPS) is 8.53. The van der Waals surface area contributed by atoms with E-state index in [4.69, 9.17) is 22.1 Å². The summed E-state index contributed by atoms with van der Waals surface area (Å²) in [6.07, 6.45) is 1.33. The summed E-state index contributed by atoms with van der Waals surface area (Å²) in [5.74, 6) is 0. The zero-order valence-electron chi connectivity index (χ0n) is 7.46. The average Bonchev–Trinajstić information content (AvgIpc) is 2.18. The lowest BCUT2D eigenvalue weighted by atomic mass is 10.3. The van der Waals surface area contributed by atoms with Gasteiger partial charge >= 0.3 is 0 Å². The van der Waals surface area contributed by atoms with Crippen molar-refractivity contribution in [2.75, 3.05) is 5.32 Å². The zero-order valence-corrected chi connectivity index (χ0v) is 9.80. The van der Waals surface area contributed by atoms with Crippen molar-refractivity contribution in [2.24, 2.45) is 0 Å². The molecule has 0 amide bonds. The Hall–Kier alpha value is -1.49. The number of hydrogen-bond donors (Lipinski definition) is 1. The minimum absolute atomic E-state index is 0.00565. The summed E-state index contributed by atoms with van der Waals surface area (Å²) in [5, 5.41) is 20.4. The molecule has 0 aromatic heterocycles. The van der Waals surface area contributed by atoms with Crippen LogP contribution in [0.3, 0.4) is 0 Å². The molecule has 0 aliphatic carbocycles. The predicted molar refractivity (Wildman–Crippen MR) is 62.1 cm³/mol. The number of anilines is 1. The smallest absolute Gasteiger partial charge is 0.145 e. The third-order valence-corrected chi connectivity index (χ3v) is 2.16. The van der Waals surface area contributed by atoms with E-state index < -0.39 is 0 Å². The van der Waals surface area contributed by atoms with Crippen molar-refractivity contribution in [3.8, 4) is 12.1 Å². The van der Waals surface area contributed by atoms with Crippen LogP contribution in [0.5, 0.6) is 0 Å². The number of halogens is 2. The number of allylic oxidation sites excluding steroid dienone is 1. The van der Waals surface area contributed by atoms with E-state index in [0.717, 1.165) is 4.47 Å². The van der Waals surface area contributed by atoms with Crippen molar-refractivity contribution in [1.29, 1.82) is 10.5 Å². The topological polar surface area (TPSA) is 59.6 Å².